The van der Waals surface area contributed by atoms with Crippen LogP contribution < -0.4 is 0 Å². The van der Waals surface area contributed by atoms with E-state index in [1.165, 1.54) is 0 Å². The fourth-order valence-corrected chi connectivity index (χ4v) is 14.7. The van der Waals surface area contributed by atoms with E-state index in [2.05, 4.69) is 47.8 Å². The molecule has 8 aliphatic rings. The monoisotopic (exact) mass is 494 g/mol. The summed E-state index contributed by atoms with van der Waals surface area (Å²) in [7, 11) is 0. The Labute approximate surface area is 161 Å². The lowest BCUT2D eigenvalue weighted by Crippen LogP contribution is -2.31. The number of rotatable bonds is 0. The van der Waals surface area contributed by atoms with Crippen LogP contribution in [0.1, 0.15) is 6.42 Å². The average Bonchev–Trinajstić information content (AvgIpc) is 3.24. The van der Waals surface area contributed by atoms with Gasteiger partial charge in [0.2, 0.25) is 0 Å². The van der Waals surface area contributed by atoms with E-state index in [4.69, 9.17) is 0 Å². The molecule has 0 amide bonds. The highest BCUT2D eigenvalue weighted by Crippen LogP contribution is 2.87. The summed E-state index contributed by atoms with van der Waals surface area (Å²) in [6.45, 7) is 0. The van der Waals surface area contributed by atoms with Crippen LogP contribution in [0.25, 0.3) is 0 Å². The first-order valence-corrected chi connectivity index (χ1v) is 12.4. The fraction of sp³-hybridized carbons (Fsp3) is 0.800. The van der Waals surface area contributed by atoms with Gasteiger partial charge < -0.3 is 0 Å². The van der Waals surface area contributed by atoms with Gasteiger partial charge in [-0.05, 0) is 77.4 Å². The third-order valence-electron chi connectivity index (χ3n) is 10.5. The molecule has 0 aromatic rings. The molecule has 0 radical (unpaired) electrons. The van der Waals surface area contributed by atoms with Crippen molar-refractivity contribution in [1.29, 1.82) is 0 Å². The number of alkyl halides is 3. The summed E-state index contributed by atoms with van der Waals surface area (Å²) in [4.78, 5) is 2.36. The van der Waals surface area contributed by atoms with Gasteiger partial charge in [-0.2, -0.15) is 0 Å². The second kappa shape index (κ2) is 3.17. The molecule has 0 aromatic heterocycles. The summed E-state index contributed by atoms with van der Waals surface area (Å²) in [5.74, 6) is 11.5. The summed E-state index contributed by atoms with van der Waals surface area (Å²) in [6.07, 6.45) is 1.55. The molecule has 4 saturated carbocycles. The van der Waals surface area contributed by atoms with Gasteiger partial charge in [0, 0.05) is 14.5 Å². The third kappa shape index (κ3) is 0.846. The lowest BCUT2D eigenvalue weighted by molar-refractivity contribution is 0.247. The highest BCUT2D eigenvalue weighted by Gasteiger charge is 2.82. The summed E-state index contributed by atoms with van der Waals surface area (Å²) in [6, 6.07) is 0. The van der Waals surface area contributed by atoms with Crippen molar-refractivity contribution in [3.63, 3.8) is 0 Å². The van der Waals surface area contributed by atoms with Crippen LogP contribution in [0.15, 0.2) is 22.3 Å². The molecule has 0 aromatic carbocycles. The first-order valence-electron chi connectivity index (χ1n) is 9.61. The van der Waals surface area contributed by atoms with Gasteiger partial charge in [-0.15, -0.1) is 0 Å². The number of hydrogen-bond acceptors (Lipinski definition) is 0. The van der Waals surface area contributed by atoms with E-state index in [1.807, 2.05) is 22.3 Å². The van der Waals surface area contributed by atoms with Gasteiger partial charge in [-0.1, -0.05) is 70.1 Å². The molecule has 8 rings (SSSR count). The maximum Gasteiger partial charge on any atom is 0.0283 e. The fourth-order valence-electron chi connectivity index (χ4n) is 10.9. The van der Waals surface area contributed by atoms with Crippen LogP contribution in [0.4, 0.5) is 0 Å². The van der Waals surface area contributed by atoms with Crippen molar-refractivity contribution in [2.24, 2.45) is 71.0 Å². The first kappa shape index (κ1) is 12.3. The van der Waals surface area contributed by atoms with Gasteiger partial charge in [0.25, 0.3) is 0 Å². The van der Waals surface area contributed by atoms with Crippen LogP contribution in [0.2, 0.25) is 0 Å². The molecule has 0 N–H and O–H groups in total. The van der Waals surface area contributed by atoms with Gasteiger partial charge >= 0.3 is 0 Å². The zero-order valence-corrected chi connectivity index (χ0v) is 17.3. The lowest BCUT2D eigenvalue weighted by atomic mass is 9.75. The standard InChI is InChI=1S/C20H17Br3/c21-18-12-4-2-1-3-5(4)13(18)9-7(3)15-11-10-14(19(15)22)6(2)8(12)16(10)20(23)17(9)11/h2-5,10-20H,1H2/t2-,3+,4-,5+,10-,11+,12+,13-,14-,15+,16+,17-,18?,19?,20?. The van der Waals surface area contributed by atoms with E-state index in [9.17, 15) is 0 Å². The van der Waals surface area contributed by atoms with E-state index in [0.717, 1.165) is 85.5 Å². The smallest absolute Gasteiger partial charge is 0.0283 e. The Bertz CT molecular complexity index is 755. The van der Waals surface area contributed by atoms with Crippen LogP contribution in [0, 0.1) is 71.0 Å². The van der Waals surface area contributed by atoms with Crippen LogP contribution in [-0.4, -0.2) is 14.5 Å². The zero-order chi connectivity index (χ0) is 14.7. The van der Waals surface area contributed by atoms with Crippen molar-refractivity contribution in [2.45, 2.75) is 20.9 Å². The molecule has 0 spiro atoms. The predicted molar refractivity (Wildman–Crippen MR) is 98.7 cm³/mol. The van der Waals surface area contributed by atoms with Gasteiger partial charge in [-0.3, -0.25) is 0 Å². The predicted octanol–water partition coefficient (Wildman–Crippen LogP) is 4.78. The Morgan fingerprint density at radius 2 is 0.826 bits per heavy atom. The van der Waals surface area contributed by atoms with E-state index in [0.29, 0.717) is 0 Å². The minimum Gasteiger partial charge on any atom is -0.0877 e. The molecule has 0 saturated heterocycles. The molecule has 0 nitrogen and oxygen atoms in total. The molecular weight excluding hydrogens is 480 g/mol. The van der Waals surface area contributed by atoms with Crippen molar-refractivity contribution in [2.75, 3.05) is 0 Å². The number of fused-ring (bicyclic) bond motifs is 8. The number of allylic oxidation sites excluding steroid dienone is 4. The zero-order valence-electron chi connectivity index (χ0n) is 12.5. The Balaban J connectivity index is 1.55. The van der Waals surface area contributed by atoms with Crippen molar-refractivity contribution < 1.29 is 0 Å². The summed E-state index contributed by atoms with van der Waals surface area (Å²) in [5.41, 5.74) is 8.10. The molecule has 0 heterocycles. The van der Waals surface area contributed by atoms with Gasteiger partial charge in [-0.25, -0.2) is 0 Å². The SMILES string of the molecule is BrC1[C@H]2C3=C4[C@@H]5C[C@@H]6C7=C([C@@H]8C(Br)[C@H]3[C@H]5[C@H]68)[C@@H]1[C@H]1[C@@H]2[C@@H]4C(Br)[C@@H]71. The maximum atomic E-state index is 4.31. The quantitative estimate of drug-likeness (QED) is 0.334. The normalized spacial score (nSPS) is 78.1. The minimum absolute atomic E-state index is 0.780. The van der Waals surface area contributed by atoms with E-state index < -0.39 is 0 Å². The van der Waals surface area contributed by atoms with Crippen LogP contribution in [-0.2, 0) is 0 Å². The van der Waals surface area contributed by atoms with E-state index in [-0.39, 0.29) is 0 Å². The van der Waals surface area contributed by atoms with E-state index in [1.54, 1.807) is 6.42 Å². The summed E-state index contributed by atoms with van der Waals surface area (Å²) in [5, 5.41) is 0. The topological polar surface area (TPSA) is 0 Å². The van der Waals surface area contributed by atoms with Crippen molar-refractivity contribution in [1.82, 2.24) is 0 Å². The van der Waals surface area contributed by atoms with Crippen molar-refractivity contribution >= 4 is 47.8 Å². The Kier molecular flexibility index (Phi) is 1.70. The molecule has 8 aliphatic carbocycles. The van der Waals surface area contributed by atoms with Crippen LogP contribution in [0.3, 0.4) is 0 Å². The Hall–Kier alpha value is 0.920. The molecule has 3 unspecified atom stereocenters. The average molecular weight is 497 g/mol. The third-order valence-corrected chi connectivity index (χ3v) is 13.9. The van der Waals surface area contributed by atoms with Gasteiger partial charge in [0.05, 0.1) is 0 Å². The second-order valence-electron chi connectivity index (χ2n) is 10.1. The largest absolute Gasteiger partial charge is 0.0877 e. The second-order valence-corrected chi connectivity index (χ2v) is 13.2. The molecule has 0 aliphatic heterocycles. The van der Waals surface area contributed by atoms with Crippen LogP contribution in [0.5, 0.6) is 0 Å². The molecule has 23 heavy (non-hydrogen) atoms. The van der Waals surface area contributed by atoms with E-state index >= 15 is 0 Å². The highest BCUT2D eigenvalue weighted by molar-refractivity contribution is 9.10. The molecule has 15 atom stereocenters. The lowest BCUT2D eigenvalue weighted by Gasteiger charge is -2.33. The number of hydrogen-bond donors (Lipinski definition) is 0. The van der Waals surface area contributed by atoms with Crippen molar-refractivity contribution in [3.8, 4) is 0 Å². The molecular formula is C20H17Br3. The Morgan fingerprint density at radius 3 is 1.26 bits per heavy atom. The minimum atomic E-state index is 0.780. The first-order chi connectivity index (χ1) is 11.2. The van der Waals surface area contributed by atoms with Gasteiger partial charge in [0.1, 0.15) is 0 Å². The molecule has 118 valence electrons. The summed E-state index contributed by atoms with van der Waals surface area (Å²) >= 11 is 12.9. The highest BCUT2D eigenvalue weighted by atomic mass is 79.9. The number of halogens is 3. The van der Waals surface area contributed by atoms with Gasteiger partial charge in [0.15, 0.2) is 0 Å². The molecule has 0 bridgehead atoms. The molecule has 4 fully saturated rings. The molecule has 3 heteroatoms. The Morgan fingerprint density at radius 1 is 0.478 bits per heavy atom. The van der Waals surface area contributed by atoms with Crippen LogP contribution >= 0.6 is 47.8 Å². The summed E-state index contributed by atoms with van der Waals surface area (Å²) < 4.78 is 0. The maximum absolute atomic E-state index is 4.31. The van der Waals surface area contributed by atoms with Crippen molar-refractivity contribution in [3.05, 3.63) is 22.3 Å².